The lowest BCUT2D eigenvalue weighted by atomic mass is 9.93. The van der Waals surface area contributed by atoms with E-state index in [0.29, 0.717) is 12.8 Å². The minimum atomic E-state index is -0.926. The zero-order valence-corrected chi connectivity index (χ0v) is 10.6. The molecule has 0 aliphatic heterocycles. The summed E-state index contributed by atoms with van der Waals surface area (Å²) in [4.78, 5) is 22.8. The monoisotopic (exact) mass is 240 g/mol. The molecule has 3 nitrogen and oxygen atoms in total. The standard InChI is InChI=1S/C14H24O3/c15-13-11-9-7-5-3-1-2-4-6-8-10-12(13)14(16)17/h12H,1-11H2,(H,16,17). The van der Waals surface area contributed by atoms with Crippen molar-refractivity contribution in [3.63, 3.8) is 0 Å². The number of hydrogen-bond donors (Lipinski definition) is 1. The third kappa shape index (κ3) is 5.85. The Morgan fingerprint density at radius 1 is 0.882 bits per heavy atom. The van der Waals surface area contributed by atoms with Gasteiger partial charge in [-0.05, 0) is 12.8 Å². The second-order valence-corrected chi connectivity index (χ2v) is 5.08. The molecule has 0 heterocycles. The van der Waals surface area contributed by atoms with E-state index < -0.39 is 11.9 Å². The van der Waals surface area contributed by atoms with Gasteiger partial charge in [0.1, 0.15) is 11.7 Å². The summed E-state index contributed by atoms with van der Waals surface area (Å²) in [6, 6.07) is 0. The number of ketones is 1. The Morgan fingerprint density at radius 2 is 1.35 bits per heavy atom. The van der Waals surface area contributed by atoms with Crippen molar-refractivity contribution in [3.05, 3.63) is 0 Å². The van der Waals surface area contributed by atoms with Crippen LogP contribution in [0.3, 0.4) is 0 Å². The number of carbonyl (C=O) groups is 2. The van der Waals surface area contributed by atoms with Gasteiger partial charge in [0.25, 0.3) is 0 Å². The van der Waals surface area contributed by atoms with Crippen LogP contribution in [0.25, 0.3) is 0 Å². The molecule has 3 heteroatoms. The summed E-state index contributed by atoms with van der Waals surface area (Å²) in [6.07, 6.45) is 11.0. The lowest BCUT2D eigenvalue weighted by molar-refractivity contribution is -0.146. The van der Waals surface area contributed by atoms with E-state index >= 15 is 0 Å². The molecule has 1 aliphatic carbocycles. The maximum atomic E-state index is 11.8. The fraction of sp³-hybridized carbons (Fsp3) is 0.857. The van der Waals surface area contributed by atoms with Crippen molar-refractivity contribution in [2.24, 2.45) is 5.92 Å². The van der Waals surface area contributed by atoms with E-state index in [9.17, 15) is 9.59 Å². The highest BCUT2D eigenvalue weighted by molar-refractivity contribution is 5.98. The van der Waals surface area contributed by atoms with Gasteiger partial charge in [0.2, 0.25) is 0 Å². The molecule has 1 rings (SSSR count). The average Bonchev–Trinajstić information content (AvgIpc) is 2.30. The number of carbonyl (C=O) groups excluding carboxylic acids is 1. The first-order valence-electron chi connectivity index (χ1n) is 6.97. The smallest absolute Gasteiger partial charge is 0.314 e. The number of aliphatic carboxylic acids is 1. The van der Waals surface area contributed by atoms with Gasteiger partial charge in [-0.15, -0.1) is 0 Å². The molecule has 0 radical (unpaired) electrons. The molecule has 1 unspecified atom stereocenters. The molecule has 1 N–H and O–H groups in total. The normalized spacial score (nSPS) is 25.4. The maximum Gasteiger partial charge on any atom is 0.314 e. The summed E-state index contributed by atoms with van der Waals surface area (Å²) < 4.78 is 0. The Labute approximate surface area is 104 Å². The van der Waals surface area contributed by atoms with E-state index in [-0.39, 0.29) is 5.78 Å². The van der Waals surface area contributed by atoms with Crippen LogP contribution in [0.15, 0.2) is 0 Å². The van der Waals surface area contributed by atoms with Crippen molar-refractivity contribution >= 4 is 11.8 Å². The van der Waals surface area contributed by atoms with Gasteiger partial charge in [-0.3, -0.25) is 9.59 Å². The molecular weight excluding hydrogens is 216 g/mol. The van der Waals surface area contributed by atoms with Crippen molar-refractivity contribution < 1.29 is 14.7 Å². The van der Waals surface area contributed by atoms with Crippen LogP contribution in [0.5, 0.6) is 0 Å². The van der Waals surface area contributed by atoms with Gasteiger partial charge in [0, 0.05) is 6.42 Å². The first kappa shape index (κ1) is 14.2. The van der Waals surface area contributed by atoms with Crippen molar-refractivity contribution in [1.29, 1.82) is 0 Å². The van der Waals surface area contributed by atoms with Crippen molar-refractivity contribution in [3.8, 4) is 0 Å². The largest absolute Gasteiger partial charge is 0.481 e. The van der Waals surface area contributed by atoms with E-state index in [0.717, 1.165) is 25.7 Å². The SMILES string of the molecule is O=C(O)C1CCCCCCCCCCCC1=O. The molecule has 0 aromatic rings. The van der Waals surface area contributed by atoms with Crippen LogP contribution in [0, 0.1) is 5.92 Å². The molecule has 0 spiro atoms. The zero-order chi connectivity index (χ0) is 12.5. The molecule has 17 heavy (non-hydrogen) atoms. The summed E-state index contributed by atoms with van der Waals surface area (Å²) in [5.74, 6) is -1.72. The lowest BCUT2D eigenvalue weighted by Gasteiger charge is -2.10. The molecule has 0 bridgehead atoms. The number of carboxylic acids is 1. The van der Waals surface area contributed by atoms with Gasteiger partial charge in [-0.1, -0.05) is 51.4 Å². The molecule has 0 aromatic carbocycles. The van der Waals surface area contributed by atoms with Crippen LogP contribution in [0.1, 0.15) is 70.6 Å². The van der Waals surface area contributed by atoms with E-state index in [4.69, 9.17) is 5.11 Å². The van der Waals surface area contributed by atoms with Crippen molar-refractivity contribution in [1.82, 2.24) is 0 Å². The Hall–Kier alpha value is -0.860. The highest BCUT2D eigenvalue weighted by atomic mass is 16.4. The Bertz CT molecular complexity index is 248. The van der Waals surface area contributed by atoms with Crippen LogP contribution >= 0.6 is 0 Å². The molecule has 1 atom stereocenters. The highest BCUT2D eigenvalue weighted by Gasteiger charge is 2.24. The molecular formula is C14H24O3. The van der Waals surface area contributed by atoms with E-state index in [1.165, 1.54) is 32.1 Å². The van der Waals surface area contributed by atoms with Gasteiger partial charge in [0.05, 0.1) is 0 Å². The average molecular weight is 240 g/mol. The molecule has 1 saturated carbocycles. The van der Waals surface area contributed by atoms with Crippen LogP contribution in [0.2, 0.25) is 0 Å². The van der Waals surface area contributed by atoms with E-state index in [1.54, 1.807) is 0 Å². The Morgan fingerprint density at radius 3 is 1.88 bits per heavy atom. The zero-order valence-electron chi connectivity index (χ0n) is 10.6. The van der Waals surface area contributed by atoms with Gasteiger partial charge in [-0.25, -0.2) is 0 Å². The summed E-state index contributed by atoms with van der Waals surface area (Å²) in [7, 11) is 0. The molecule has 1 aliphatic rings. The van der Waals surface area contributed by atoms with Gasteiger partial charge < -0.3 is 5.11 Å². The second kappa shape index (κ2) is 8.26. The maximum absolute atomic E-state index is 11.8. The predicted molar refractivity (Wildman–Crippen MR) is 66.9 cm³/mol. The quantitative estimate of drug-likeness (QED) is 0.713. The van der Waals surface area contributed by atoms with E-state index in [2.05, 4.69) is 0 Å². The summed E-state index contributed by atoms with van der Waals surface area (Å²) >= 11 is 0. The van der Waals surface area contributed by atoms with Crippen LogP contribution in [-0.2, 0) is 9.59 Å². The second-order valence-electron chi connectivity index (χ2n) is 5.08. The summed E-state index contributed by atoms with van der Waals surface area (Å²) in [6.45, 7) is 0. The fourth-order valence-electron chi connectivity index (χ4n) is 2.48. The molecule has 0 amide bonds. The van der Waals surface area contributed by atoms with Crippen molar-refractivity contribution in [2.45, 2.75) is 70.6 Å². The first-order valence-corrected chi connectivity index (χ1v) is 6.97. The van der Waals surface area contributed by atoms with Crippen molar-refractivity contribution in [2.75, 3.05) is 0 Å². The van der Waals surface area contributed by atoms with Gasteiger partial charge in [0.15, 0.2) is 0 Å². The number of rotatable bonds is 1. The van der Waals surface area contributed by atoms with Gasteiger partial charge in [-0.2, -0.15) is 0 Å². The summed E-state index contributed by atoms with van der Waals surface area (Å²) in [5, 5.41) is 9.05. The number of hydrogen-bond acceptors (Lipinski definition) is 2. The summed E-state index contributed by atoms with van der Waals surface area (Å²) in [5.41, 5.74) is 0. The van der Waals surface area contributed by atoms with E-state index in [1.807, 2.05) is 0 Å². The van der Waals surface area contributed by atoms with Gasteiger partial charge >= 0.3 is 5.97 Å². The molecule has 0 saturated heterocycles. The third-order valence-electron chi connectivity index (χ3n) is 3.60. The van der Waals surface area contributed by atoms with Crippen LogP contribution < -0.4 is 0 Å². The Balaban J connectivity index is 2.45. The van der Waals surface area contributed by atoms with Crippen LogP contribution in [0.4, 0.5) is 0 Å². The molecule has 98 valence electrons. The predicted octanol–water partition coefficient (Wildman–Crippen LogP) is 3.56. The lowest BCUT2D eigenvalue weighted by Crippen LogP contribution is -2.23. The minimum Gasteiger partial charge on any atom is -0.481 e. The van der Waals surface area contributed by atoms with Crippen LogP contribution in [-0.4, -0.2) is 16.9 Å². The molecule has 0 aromatic heterocycles. The number of carboxylic acid groups (broad SMARTS) is 1. The number of Topliss-reactive ketones (excluding diaryl/α,β-unsaturated/α-hetero) is 1. The highest BCUT2D eigenvalue weighted by Crippen LogP contribution is 2.18. The topological polar surface area (TPSA) is 54.4 Å². The molecule has 1 fully saturated rings. The third-order valence-corrected chi connectivity index (χ3v) is 3.60. The minimum absolute atomic E-state index is 0.0586. The fourth-order valence-corrected chi connectivity index (χ4v) is 2.48. The Kier molecular flexibility index (Phi) is 6.90. The first-order chi connectivity index (χ1) is 8.22.